The normalized spacial score (nSPS) is 18.3. The fourth-order valence-corrected chi connectivity index (χ4v) is 6.90. The number of carbonyl (C=O) groups is 1. The standard InChI is InChI=1S/C20H23ClN2O5S2/c1-13(20(24)22-11-14-2-3-16-17(10-14)28-12-27-16)15-6-8-23(9-7-15)30(25,26)19-5-4-18(21)29-19/h2-5,10,13,15H,6-9,11-12H2,1H3,(H,22,24). The molecule has 0 radical (unpaired) electrons. The maximum Gasteiger partial charge on any atom is 0.252 e. The lowest BCUT2D eigenvalue weighted by molar-refractivity contribution is -0.126. The molecular formula is C20H23ClN2O5S2. The summed E-state index contributed by atoms with van der Waals surface area (Å²) in [5.74, 6) is 1.32. The molecule has 1 saturated heterocycles. The van der Waals surface area contributed by atoms with Crippen LogP contribution in [0.3, 0.4) is 0 Å². The second-order valence-corrected chi connectivity index (χ2v) is 11.4. The number of carbonyl (C=O) groups excluding carboxylic acids is 1. The Morgan fingerprint density at radius 2 is 1.97 bits per heavy atom. The highest BCUT2D eigenvalue weighted by atomic mass is 35.5. The molecule has 3 heterocycles. The molecule has 162 valence electrons. The number of ether oxygens (including phenoxy) is 2. The lowest BCUT2D eigenvalue weighted by Crippen LogP contribution is -2.42. The van der Waals surface area contributed by atoms with Gasteiger partial charge in [-0.15, -0.1) is 11.3 Å². The number of piperidine rings is 1. The van der Waals surface area contributed by atoms with Crippen molar-refractivity contribution in [3.63, 3.8) is 0 Å². The maximum absolute atomic E-state index is 12.7. The first-order valence-electron chi connectivity index (χ1n) is 9.76. The largest absolute Gasteiger partial charge is 0.454 e. The van der Waals surface area contributed by atoms with Crippen molar-refractivity contribution in [2.75, 3.05) is 19.9 Å². The van der Waals surface area contributed by atoms with E-state index in [1.165, 1.54) is 4.31 Å². The van der Waals surface area contributed by atoms with Crippen molar-refractivity contribution in [1.82, 2.24) is 9.62 Å². The zero-order valence-electron chi connectivity index (χ0n) is 16.5. The van der Waals surface area contributed by atoms with E-state index in [1.54, 1.807) is 12.1 Å². The van der Waals surface area contributed by atoms with E-state index in [0.29, 0.717) is 48.3 Å². The number of rotatable bonds is 6. The number of nitrogens with one attached hydrogen (secondary N) is 1. The Bertz CT molecular complexity index is 1030. The predicted molar refractivity (Wildman–Crippen MR) is 114 cm³/mol. The summed E-state index contributed by atoms with van der Waals surface area (Å²) in [5.41, 5.74) is 0.940. The first-order chi connectivity index (χ1) is 14.3. The molecule has 1 aromatic heterocycles. The summed E-state index contributed by atoms with van der Waals surface area (Å²) in [5, 5.41) is 2.98. The van der Waals surface area contributed by atoms with Gasteiger partial charge in [0.15, 0.2) is 11.5 Å². The Balaban J connectivity index is 1.29. The fourth-order valence-electron chi connectivity index (χ4n) is 3.79. The van der Waals surface area contributed by atoms with Crippen molar-refractivity contribution >= 4 is 38.9 Å². The molecule has 1 N–H and O–H groups in total. The van der Waals surface area contributed by atoms with Gasteiger partial charge in [-0.1, -0.05) is 24.6 Å². The fraction of sp³-hybridized carbons (Fsp3) is 0.450. The first kappa shape index (κ1) is 21.4. The van der Waals surface area contributed by atoms with Crippen LogP contribution in [0.4, 0.5) is 0 Å². The average molecular weight is 471 g/mol. The molecule has 2 aliphatic heterocycles. The number of hydrogen-bond donors (Lipinski definition) is 1. The van der Waals surface area contributed by atoms with Gasteiger partial charge in [-0.25, -0.2) is 8.42 Å². The van der Waals surface area contributed by atoms with Crippen LogP contribution in [0.1, 0.15) is 25.3 Å². The SMILES string of the molecule is CC(C(=O)NCc1ccc2c(c1)OCO2)C1CCN(S(=O)(=O)c2ccc(Cl)s2)CC1. The predicted octanol–water partition coefficient (Wildman–Crippen LogP) is 3.48. The molecule has 1 atom stereocenters. The van der Waals surface area contributed by atoms with Gasteiger partial charge in [0.2, 0.25) is 12.7 Å². The van der Waals surface area contributed by atoms with E-state index in [-0.39, 0.29) is 28.7 Å². The second-order valence-electron chi connectivity index (χ2n) is 7.49. The van der Waals surface area contributed by atoms with Crippen molar-refractivity contribution in [1.29, 1.82) is 0 Å². The molecule has 0 bridgehead atoms. The minimum absolute atomic E-state index is 0.0287. The van der Waals surface area contributed by atoms with Gasteiger partial charge in [0.25, 0.3) is 10.0 Å². The summed E-state index contributed by atoms with van der Waals surface area (Å²) in [6.45, 7) is 3.34. The topological polar surface area (TPSA) is 84.9 Å². The second kappa shape index (κ2) is 8.74. The van der Waals surface area contributed by atoms with E-state index in [2.05, 4.69) is 5.32 Å². The summed E-state index contributed by atoms with van der Waals surface area (Å²) in [4.78, 5) is 12.6. The van der Waals surface area contributed by atoms with E-state index in [1.807, 2.05) is 25.1 Å². The molecule has 0 aliphatic carbocycles. The van der Waals surface area contributed by atoms with Gasteiger partial charge < -0.3 is 14.8 Å². The Labute approximate surface area is 185 Å². The van der Waals surface area contributed by atoms with Crippen LogP contribution in [-0.4, -0.2) is 38.5 Å². The minimum atomic E-state index is -3.52. The number of amides is 1. The Morgan fingerprint density at radius 3 is 2.67 bits per heavy atom. The summed E-state index contributed by atoms with van der Waals surface area (Å²) < 4.78 is 38.3. The summed E-state index contributed by atoms with van der Waals surface area (Å²) in [6.07, 6.45) is 1.30. The van der Waals surface area contributed by atoms with Crippen LogP contribution in [-0.2, 0) is 21.4 Å². The summed E-state index contributed by atoms with van der Waals surface area (Å²) >= 11 is 6.95. The third-order valence-corrected chi connectivity index (χ3v) is 9.26. The third-order valence-electron chi connectivity index (χ3n) is 5.67. The van der Waals surface area contributed by atoms with Gasteiger partial charge in [0, 0.05) is 25.6 Å². The van der Waals surface area contributed by atoms with Gasteiger partial charge in [-0.3, -0.25) is 4.79 Å². The Morgan fingerprint density at radius 1 is 1.23 bits per heavy atom. The van der Waals surface area contributed by atoms with Gasteiger partial charge >= 0.3 is 0 Å². The molecule has 1 amide bonds. The van der Waals surface area contributed by atoms with E-state index in [9.17, 15) is 13.2 Å². The molecule has 2 aliphatic rings. The number of nitrogens with zero attached hydrogens (tertiary/aromatic N) is 1. The lowest BCUT2D eigenvalue weighted by Gasteiger charge is -2.33. The number of hydrogen-bond acceptors (Lipinski definition) is 6. The zero-order valence-corrected chi connectivity index (χ0v) is 18.9. The number of sulfonamides is 1. The number of benzene rings is 1. The highest BCUT2D eigenvalue weighted by Gasteiger charge is 2.34. The summed E-state index contributed by atoms with van der Waals surface area (Å²) in [7, 11) is -3.52. The smallest absolute Gasteiger partial charge is 0.252 e. The maximum atomic E-state index is 12.7. The monoisotopic (exact) mass is 470 g/mol. The molecule has 2 aromatic rings. The molecule has 0 spiro atoms. The van der Waals surface area contributed by atoms with E-state index in [0.717, 1.165) is 16.9 Å². The molecule has 4 rings (SSSR count). The lowest BCUT2D eigenvalue weighted by atomic mass is 9.85. The van der Waals surface area contributed by atoms with E-state index in [4.69, 9.17) is 21.1 Å². The van der Waals surface area contributed by atoms with Gasteiger partial charge in [-0.2, -0.15) is 4.31 Å². The molecule has 10 heteroatoms. The van der Waals surface area contributed by atoms with Crippen molar-refractivity contribution < 1.29 is 22.7 Å². The van der Waals surface area contributed by atoms with Crippen molar-refractivity contribution in [3.05, 3.63) is 40.2 Å². The minimum Gasteiger partial charge on any atom is -0.454 e. The Kier molecular flexibility index (Phi) is 6.24. The first-order valence-corrected chi connectivity index (χ1v) is 12.4. The molecule has 7 nitrogen and oxygen atoms in total. The van der Waals surface area contributed by atoms with Crippen LogP contribution in [0.2, 0.25) is 4.34 Å². The van der Waals surface area contributed by atoms with Crippen LogP contribution in [0, 0.1) is 11.8 Å². The molecule has 30 heavy (non-hydrogen) atoms. The summed E-state index contributed by atoms with van der Waals surface area (Å²) in [6, 6.07) is 8.75. The molecule has 1 fully saturated rings. The van der Waals surface area contributed by atoms with Crippen LogP contribution in [0.5, 0.6) is 11.5 Å². The van der Waals surface area contributed by atoms with Crippen LogP contribution in [0.15, 0.2) is 34.5 Å². The quantitative estimate of drug-likeness (QED) is 0.698. The van der Waals surface area contributed by atoms with Gasteiger partial charge in [0.1, 0.15) is 4.21 Å². The number of fused-ring (bicyclic) bond motifs is 1. The zero-order chi connectivity index (χ0) is 21.3. The highest BCUT2D eigenvalue weighted by Crippen LogP contribution is 2.33. The Hall–Kier alpha value is -1.81. The van der Waals surface area contributed by atoms with Crippen LogP contribution >= 0.6 is 22.9 Å². The average Bonchev–Trinajstić information content (AvgIpc) is 3.40. The van der Waals surface area contributed by atoms with Gasteiger partial charge in [0.05, 0.1) is 4.34 Å². The van der Waals surface area contributed by atoms with E-state index < -0.39 is 10.0 Å². The van der Waals surface area contributed by atoms with Gasteiger partial charge in [-0.05, 0) is 48.6 Å². The van der Waals surface area contributed by atoms with Crippen molar-refractivity contribution in [3.8, 4) is 11.5 Å². The molecule has 0 saturated carbocycles. The van der Waals surface area contributed by atoms with Crippen LogP contribution < -0.4 is 14.8 Å². The van der Waals surface area contributed by atoms with Crippen LogP contribution in [0.25, 0.3) is 0 Å². The number of thiophene rings is 1. The van der Waals surface area contributed by atoms with E-state index >= 15 is 0 Å². The third kappa shape index (κ3) is 4.44. The number of halogens is 1. The molecular weight excluding hydrogens is 448 g/mol. The molecule has 1 aromatic carbocycles. The highest BCUT2D eigenvalue weighted by molar-refractivity contribution is 7.91. The van der Waals surface area contributed by atoms with Crippen molar-refractivity contribution in [2.45, 2.75) is 30.5 Å². The van der Waals surface area contributed by atoms with Crippen molar-refractivity contribution in [2.24, 2.45) is 11.8 Å². The molecule has 1 unspecified atom stereocenters.